The minimum atomic E-state index is -0.120. The van der Waals surface area contributed by atoms with Crippen molar-refractivity contribution in [3.05, 3.63) is 47.8 Å². The Morgan fingerprint density at radius 2 is 1.82 bits per heavy atom. The summed E-state index contributed by atoms with van der Waals surface area (Å²) in [6.07, 6.45) is 10.9. The van der Waals surface area contributed by atoms with E-state index in [1.807, 2.05) is 11.8 Å². The molecule has 0 amide bonds. The Morgan fingerprint density at radius 3 is 2.46 bits per heavy atom. The van der Waals surface area contributed by atoms with Crippen molar-refractivity contribution in [1.29, 1.82) is 0 Å². The number of anilines is 2. The summed E-state index contributed by atoms with van der Waals surface area (Å²) < 4.78 is 5.76. The van der Waals surface area contributed by atoms with Gasteiger partial charge in [0.1, 0.15) is 0 Å². The molecule has 1 N–H and O–H groups in total. The number of hydrogen-bond acceptors (Lipinski definition) is 7. The summed E-state index contributed by atoms with van der Waals surface area (Å²) in [6, 6.07) is 9.32. The molecular weight excluding hydrogens is 352 g/mol. The van der Waals surface area contributed by atoms with Gasteiger partial charge in [0.2, 0.25) is 5.95 Å². The largest absolute Gasteiger partial charge is 0.403 e. The van der Waals surface area contributed by atoms with E-state index in [-0.39, 0.29) is 5.41 Å². The highest BCUT2D eigenvalue weighted by atomic mass is 16.4. The quantitative estimate of drug-likeness (QED) is 0.705. The number of nitrogens with one attached hydrogen (secondary N) is 1. The van der Waals surface area contributed by atoms with Crippen molar-refractivity contribution in [3.63, 3.8) is 0 Å². The van der Waals surface area contributed by atoms with Crippen LogP contribution in [0.1, 0.15) is 18.1 Å². The molecule has 1 fully saturated rings. The molecule has 28 heavy (non-hydrogen) atoms. The standard InChI is InChI=1S/C21H20N6O/c1-3-21(2)12-27(13-21)20-26-25-18(28-20)16-10-22-19(23-11-16)24-17-8-14-6-4-5-7-15(14)9-17/h1,4-7,10-11,17H,8-9,12-13H2,2H3,(H,22,23,24). The number of nitrogens with zero attached hydrogens (tertiary/aromatic N) is 5. The van der Waals surface area contributed by atoms with Crippen LogP contribution in [-0.2, 0) is 12.8 Å². The molecule has 2 aromatic heterocycles. The van der Waals surface area contributed by atoms with Crippen LogP contribution in [0.3, 0.4) is 0 Å². The predicted octanol–water partition coefficient (Wildman–Crippen LogP) is 2.57. The van der Waals surface area contributed by atoms with Gasteiger partial charge in [-0.3, -0.25) is 0 Å². The third-order valence-electron chi connectivity index (χ3n) is 5.40. The van der Waals surface area contributed by atoms with Gasteiger partial charge >= 0.3 is 6.01 Å². The summed E-state index contributed by atoms with van der Waals surface area (Å²) in [5.74, 6) is 3.81. The van der Waals surface area contributed by atoms with Crippen LogP contribution in [0, 0.1) is 17.8 Å². The fraction of sp³-hybridized carbons (Fsp3) is 0.333. The van der Waals surface area contributed by atoms with E-state index in [2.05, 4.69) is 55.7 Å². The van der Waals surface area contributed by atoms with Gasteiger partial charge in [0.15, 0.2) is 0 Å². The monoisotopic (exact) mass is 372 g/mol. The molecule has 3 aromatic rings. The van der Waals surface area contributed by atoms with Gasteiger partial charge < -0.3 is 14.6 Å². The van der Waals surface area contributed by atoms with Crippen molar-refractivity contribution in [2.24, 2.45) is 5.41 Å². The number of fused-ring (bicyclic) bond motifs is 1. The number of terminal acetylenes is 1. The second-order valence-electron chi connectivity index (χ2n) is 7.76. The Labute approximate surface area is 163 Å². The molecule has 5 rings (SSSR count). The fourth-order valence-corrected chi connectivity index (χ4v) is 3.84. The van der Waals surface area contributed by atoms with E-state index in [1.165, 1.54) is 11.1 Å². The lowest BCUT2D eigenvalue weighted by Gasteiger charge is -2.43. The van der Waals surface area contributed by atoms with Gasteiger partial charge in [-0.05, 0) is 30.9 Å². The van der Waals surface area contributed by atoms with Crippen LogP contribution in [0.25, 0.3) is 11.5 Å². The topological polar surface area (TPSA) is 80.0 Å². The van der Waals surface area contributed by atoms with Crippen molar-refractivity contribution in [2.75, 3.05) is 23.3 Å². The van der Waals surface area contributed by atoms with Gasteiger partial charge in [-0.1, -0.05) is 35.3 Å². The second kappa shape index (κ2) is 6.34. The van der Waals surface area contributed by atoms with Crippen LogP contribution in [0.15, 0.2) is 41.1 Å². The van der Waals surface area contributed by atoms with E-state index < -0.39 is 0 Å². The van der Waals surface area contributed by atoms with Crippen LogP contribution < -0.4 is 10.2 Å². The molecule has 0 radical (unpaired) electrons. The van der Waals surface area contributed by atoms with Crippen molar-refractivity contribution < 1.29 is 4.42 Å². The zero-order chi connectivity index (χ0) is 19.1. The van der Waals surface area contributed by atoms with E-state index in [0.29, 0.717) is 42.5 Å². The van der Waals surface area contributed by atoms with Crippen molar-refractivity contribution in [1.82, 2.24) is 20.2 Å². The Kier molecular flexibility index (Phi) is 3.79. The molecule has 1 aromatic carbocycles. The van der Waals surface area contributed by atoms with E-state index >= 15 is 0 Å². The first-order valence-corrected chi connectivity index (χ1v) is 9.34. The summed E-state index contributed by atoms with van der Waals surface area (Å²) in [6.45, 7) is 3.48. The number of benzene rings is 1. The van der Waals surface area contributed by atoms with E-state index in [9.17, 15) is 0 Å². The lowest BCUT2D eigenvalue weighted by molar-refractivity contribution is 0.318. The van der Waals surface area contributed by atoms with Crippen LogP contribution >= 0.6 is 0 Å². The fourth-order valence-electron chi connectivity index (χ4n) is 3.84. The van der Waals surface area contributed by atoms with E-state index in [0.717, 1.165) is 12.8 Å². The molecule has 0 saturated carbocycles. The Balaban J connectivity index is 1.23. The number of rotatable bonds is 4. The summed E-state index contributed by atoms with van der Waals surface area (Å²) in [5, 5.41) is 11.6. The van der Waals surface area contributed by atoms with Gasteiger partial charge in [0.05, 0.1) is 11.0 Å². The molecule has 0 bridgehead atoms. The zero-order valence-electron chi connectivity index (χ0n) is 15.6. The first-order chi connectivity index (χ1) is 13.6. The molecule has 7 heteroatoms. The Morgan fingerprint density at radius 1 is 1.14 bits per heavy atom. The molecule has 140 valence electrons. The molecule has 0 spiro atoms. The molecule has 1 saturated heterocycles. The average molecular weight is 372 g/mol. The van der Waals surface area contributed by atoms with Gasteiger partial charge in [-0.15, -0.1) is 11.5 Å². The molecule has 3 heterocycles. The minimum absolute atomic E-state index is 0.120. The second-order valence-corrected chi connectivity index (χ2v) is 7.76. The lowest BCUT2D eigenvalue weighted by Crippen LogP contribution is -2.54. The van der Waals surface area contributed by atoms with Crippen molar-refractivity contribution in [3.8, 4) is 23.8 Å². The maximum absolute atomic E-state index is 5.76. The summed E-state index contributed by atoms with van der Waals surface area (Å²) >= 11 is 0. The highest BCUT2D eigenvalue weighted by molar-refractivity contribution is 5.52. The van der Waals surface area contributed by atoms with Crippen molar-refractivity contribution in [2.45, 2.75) is 25.8 Å². The highest BCUT2D eigenvalue weighted by Crippen LogP contribution is 2.33. The lowest BCUT2D eigenvalue weighted by atomic mass is 9.83. The molecule has 1 aliphatic carbocycles. The average Bonchev–Trinajstić information content (AvgIpc) is 3.32. The van der Waals surface area contributed by atoms with Crippen LogP contribution in [0.5, 0.6) is 0 Å². The third-order valence-corrected chi connectivity index (χ3v) is 5.40. The Hall–Kier alpha value is -3.40. The SMILES string of the molecule is C#CC1(C)CN(c2nnc(-c3cnc(NC4Cc5ccccc5C4)nc3)o2)C1. The minimum Gasteiger partial charge on any atom is -0.403 e. The molecule has 1 aliphatic heterocycles. The van der Waals surface area contributed by atoms with Gasteiger partial charge in [-0.2, -0.15) is 0 Å². The smallest absolute Gasteiger partial charge is 0.318 e. The summed E-state index contributed by atoms with van der Waals surface area (Å²) in [4.78, 5) is 10.8. The number of hydrogen-bond donors (Lipinski definition) is 1. The maximum Gasteiger partial charge on any atom is 0.318 e. The van der Waals surface area contributed by atoms with Crippen LogP contribution in [-0.4, -0.2) is 39.3 Å². The first-order valence-electron chi connectivity index (χ1n) is 9.34. The van der Waals surface area contributed by atoms with Crippen LogP contribution in [0.4, 0.5) is 12.0 Å². The highest BCUT2D eigenvalue weighted by Gasteiger charge is 2.39. The van der Waals surface area contributed by atoms with E-state index in [1.54, 1.807) is 12.4 Å². The van der Waals surface area contributed by atoms with Crippen molar-refractivity contribution >= 4 is 12.0 Å². The summed E-state index contributed by atoms with van der Waals surface area (Å²) in [5.41, 5.74) is 3.36. The molecule has 0 atom stereocenters. The Bertz CT molecular complexity index is 1020. The van der Waals surface area contributed by atoms with E-state index in [4.69, 9.17) is 10.8 Å². The number of aromatic nitrogens is 4. The molecular formula is C21H20N6O. The molecule has 0 unspecified atom stereocenters. The molecule has 7 nitrogen and oxygen atoms in total. The maximum atomic E-state index is 5.76. The normalized spacial score (nSPS) is 17.6. The van der Waals surface area contributed by atoms with Crippen LogP contribution in [0.2, 0.25) is 0 Å². The zero-order valence-corrected chi connectivity index (χ0v) is 15.6. The third kappa shape index (κ3) is 2.97. The van der Waals surface area contributed by atoms with Gasteiger partial charge in [-0.25, -0.2) is 9.97 Å². The van der Waals surface area contributed by atoms with Gasteiger partial charge in [0, 0.05) is 31.5 Å². The molecule has 2 aliphatic rings. The summed E-state index contributed by atoms with van der Waals surface area (Å²) in [7, 11) is 0. The first kappa shape index (κ1) is 16.8. The van der Waals surface area contributed by atoms with Gasteiger partial charge in [0.25, 0.3) is 5.89 Å². The predicted molar refractivity (Wildman–Crippen MR) is 106 cm³/mol.